The van der Waals surface area contributed by atoms with E-state index in [0.717, 1.165) is 0 Å². The summed E-state index contributed by atoms with van der Waals surface area (Å²) in [5.74, 6) is -0.177. The first kappa shape index (κ1) is 14.1. The maximum Gasteiger partial charge on any atom is 0.243 e. The van der Waals surface area contributed by atoms with Crippen molar-refractivity contribution in [2.75, 3.05) is 19.8 Å². The zero-order chi connectivity index (χ0) is 11.7. The van der Waals surface area contributed by atoms with Crippen LogP contribution >= 0.6 is 0 Å². The third-order valence-electron chi connectivity index (χ3n) is 1.76. The number of carbonyl (C=O) groups excluding carboxylic acids is 1. The second-order valence-electron chi connectivity index (χ2n) is 3.42. The molecular weight excluding hydrogens is 194 g/mol. The van der Waals surface area contributed by atoms with Crippen LogP contribution in [-0.4, -0.2) is 37.9 Å². The minimum absolute atomic E-state index is 0.0143. The van der Waals surface area contributed by atoms with E-state index < -0.39 is 0 Å². The van der Waals surface area contributed by atoms with Crippen LogP contribution in [0.3, 0.4) is 0 Å². The van der Waals surface area contributed by atoms with Crippen LogP contribution in [-0.2, 0) is 14.3 Å². The Morgan fingerprint density at radius 1 is 1.47 bits per heavy atom. The smallest absolute Gasteiger partial charge is 0.243 e. The summed E-state index contributed by atoms with van der Waals surface area (Å²) in [6.45, 7) is 10.9. The molecule has 2 atom stereocenters. The van der Waals surface area contributed by atoms with Crippen LogP contribution in [0, 0.1) is 0 Å². The van der Waals surface area contributed by atoms with Crippen molar-refractivity contribution < 1.29 is 14.3 Å². The van der Waals surface area contributed by atoms with E-state index in [2.05, 4.69) is 11.9 Å². The van der Waals surface area contributed by atoms with Gasteiger partial charge in [0.2, 0.25) is 5.91 Å². The van der Waals surface area contributed by atoms with Gasteiger partial charge >= 0.3 is 0 Å². The number of ether oxygens (including phenoxy) is 2. The molecule has 0 aromatic heterocycles. The van der Waals surface area contributed by atoms with Gasteiger partial charge in [0.1, 0.15) is 0 Å². The molecule has 4 heteroatoms. The van der Waals surface area contributed by atoms with Crippen molar-refractivity contribution in [2.24, 2.45) is 0 Å². The lowest BCUT2D eigenvalue weighted by Gasteiger charge is -2.17. The number of amides is 1. The highest BCUT2D eigenvalue weighted by Gasteiger charge is 2.07. The largest absolute Gasteiger partial charge is 0.379 e. The Morgan fingerprint density at radius 2 is 2.13 bits per heavy atom. The Bertz CT molecular complexity index is 194. The molecule has 15 heavy (non-hydrogen) atoms. The van der Waals surface area contributed by atoms with E-state index in [1.54, 1.807) is 0 Å². The first-order valence-corrected chi connectivity index (χ1v) is 5.22. The van der Waals surface area contributed by atoms with Gasteiger partial charge in [-0.1, -0.05) is 6.58 Å². The maximum absolute atomic E-state index is 10.9. The second kappa shape index (κ2) is 8.44. The minimum Gasteiger partial charge on any atom is -0.379 e. The highest BCUT2D eigenvalue weighted by atomic mass is 16.5. The summed E-state index contributed by atoms with van der Waals surface area (Å²) < 4.78 is 10.7. The average molecular weight is 215 g/mol. The predicted molar refractivity (Wildman–Crippen MR) is 59.7 cm³/mol. The summed E-state index contributed by atoms with van der Waals surface area (Å²) in [4.78, 5) is 10.9. The molecule has 1 N–H and O–H groups in total. The molecule has 4 nitrogen and oxygen atoms in total. The van der Waals surface area contributed by atoms with Gasteiger partial charge in [0.25, 0.3) is 0 Å². The average Bonchev–Trinajstić information content (AvgIpc) is 2.23. The predicted octanol–water partition coefficient (Wildman–Crippen LogP) is 1.12. The number of nitrogens with one attached hydrogen (secondary N) is 1. The Hall–Kier alpha value is -0.870. The number of rotatable bonds is 8. The first-order chi connectivity index (χ1) is 7.10. The van der Waals surface area contributed by atoms with E-state index in [0.29, 0.717) is 19.8 Å². The topological polar surface area (TPSA) is 47.6 Å². The van der Waals surface area contributed by atoms with Crippen molar-refractivity contribution in [1.29, 1.82) is 0 Å². The highest BCUT2D eigenvalue weighted by molar-refractivity contribution is 5.87. The van der Waals surface area contributed by atoms with Crippen molar-refractivity contribution >= 4 is 5.91 Å². The number of carbonyl (C=O) groups is 1. The van der Waals surface area contributed by atoms with Gasteiger partial charge in [-0.05, 0) is 26.8 Å². The molecule has 0 saturated heterocycles. The fourth-order valence-corrected chi connectivity index (χ4v) is 0.984. The van der Waals surface area contributed by atoms with Crippen LogP contribution in [0.4, 0.5) is 0 Å². The van der Waals surface area contributed by atoms with Crippen LogP contribution in [0.2, 0.25) is 0 Å². The molecule has 0 aliphatic heterocycles. The monoisotopic (exact) mass is 215 g/mol. The summed E-state index contributed by atoms with van der Waals surface area (Å²) in [5, 5.41) is 2.72. The zero-order valence-electron chi connectivity index (χ0n) is 9.79. The van der Waals surface area contributed by atoms with E-state index in [4.69, 9.17) is 9.47 Å². The van der Waals surface area contributed by atoms with Gasteiger partial charge in [0, 0.05) is 12.6 Å². The van der Waals surface area contributed by atoms with Gasteiger partial charge in [0.05, 0.1) is 19.3 Å². The lowest BCUT2D eigenvalue weighted by molar-refractivity contribution is -0.117. The molecule has 88 valence electrons. The van der Waals surface area contributed by atoms with Crippen LogP contribution in [0.15, 0.2) is 12.7 Å². The van der Waals surface area contributed by atoms with Crippen molar-refractivity contribution in [3.05, 3.63) is 12.7 Å². The molecule has 0 radical (unpaired) electrons. The van der Waals surface area contributed by atoms with Crippen molar-refractivity contribution in [3.63, 3.8) is 0 Å². The molecule has 0 bridgehead atoms. The lowest BCUT2D eigenvalue weighted by Crippen LogP contribution is -2.36. The Balaban J connectivity index is 3.56. The molecule has 0 saturated carbocycles. The second-order valence-corrected chi connectivity index (χ2v) is 3.42. The molecule has 0 aliphatic carbocycles. The van der Waals surface area contributed by atoms with Crippen LogP contribution in [0.5, 0.6) is 0 Å². The molecule has 2 unspecified atom stereocenters. The van der Waals surface area contributed by atoms with E-state index in [-0.39, 0.29) is 18.1 Å². The summed E-state index contributed by atoms with van der Waals surface area (Å²) in [5.41, 5.74) is 0. The quantitative estimate of drug-likeness (QED) is 0.617. The van der Waals surface area contributed by atoms with Gasteiger partial charge in [-0.15, -0.1) is 0 Å². The van der Waals surface area contributed by atoms with Gasteiger partial charge in [-0.25, -0.2) is 0 Å². The summed E-state index contributed by atoms with van der Waals surface area (Å²) in [7, 11) is 0. The van der Waals surface area contributed by atoms with Crippen LogP contribution in [0.1, 0.15) is 20.8 Å². The van der Waals surface area contributed by atoms with Crippen molar-refractivity contribution in [2.45, 2.75) is 32.9 Å². The highest BCUT2D eigenvalue weighted by Crippen LogP contribution is 1.94. The van der Waals surface area contributed by atoms with Gasteiger partial charge in [-0.3, -0.25) is 4.79 Å². The Labute approximate surface area is 91.6 Å². The maximum atomic E-state index is 10.9. The normalized spacial score (nSPS) is 14.3. The fraction of sp³-hybridized carbons (Fsp3) is 0.727. The molecule has 0 spiro atoms. The van der Waals surface area contributed by atoms with Crippen LogP contribution in [0.25, 0.3) is 0 Å². The van der Waals surface area contributed by atoms with E-state index in [9.17, 15) is 4.79 Å². The fourth-order valence-electron chi connectivity index (χ4n) is 0.984. The number of hydrogen-bond acceptors (Lipinski definition) is 3. The summed E-state index contributed by atoms with van der Waals surface area (Å²) in [6.07, 6.45) is 1.30. The lowest BCUT2D eigenvalue weighted by atomic mass is 10.3. The Morgan fingerprint density at radius 3 is 2.67 bits per heavy atom. The first-order valence-electron chi connectivity index (χ1n) is 5.22. The standard InChI is InChI=1S/C11H21NO3/c1-5-11(13)12-9(3)7-15-10(4)8-14-6-2/h5,9-10H,1,6-8H2,2-4H3,(H,12,13). The van der Waals surface area contributed by atoms with Crippen molar-refractivity contribution in [1.82, 2.24) is 5.32 Å². The SMILES string of the molecule is C=CC(=O)NC(C)COC(C)COCC. The summed E-state index contributed by atoms with van der Waals surface area (Å²) >= 11 is 0. The van der Waals surface area contributed by atoms with Gasteiger partial charge in [0.15, 0.2) is 0 Å². The molecule has 0 fully saturated rings. The van der Waals surface area contributed by atoms with E-state index in [1.165, 1.54) is 6.08 Å². The molecule has 0 heterocycles. The summed E-state index contributed by atoms with van der Waals surface area (Å²) in [6, 6.07) is -0.0143. The minimum atomic E-state index is -0.177. The molecule has 0 aromatic rings. The molecule has 0 aromatic carbocycles. The Kier molecular flexibility index (Phi) is 7.95. The third-order valence-corrected chi connectivity index (χ3v) is 1.76. The van der Waals surface area contributed by atoms with E-state index >= 15 is 0 Å². The molecule has 1 amide bonds. The number of hydrogen-bond donors (Lipinski definition) is 1. The van der Waals surface area contributed by atoms with Crippen LogP contribution < -0.4 is 5.32 Å². The van der Waals surface area contributed by atoms with Gasteiger partial charge < -0.3 is 14.8 Å². The molecule has 0 aliphatic rings. The van der Waals surface area contributed by atoms with E-state index in [1.807, 2.05) is 20.8 Å². The molecule has 0 rings (SSSR count). The zero-order valence-corrected chi connectivity index (χ0v) is 9.79. The molecular formula is C11H21NO3. The van der Waals surface area contributed by atoms with Gasteiger partial charge in [-0.2, -0.15) is 0 Å². The van der Waals surface area contributed by atoms with Crippen molar-refractivity contribution in [3.8, 4) is 0 Å². The third kappa shape index (κ3) is 8.15.